The maximum atomic E-state index is 11.8. The van der Waals surface area contributed by atoms with Crippen molar-refractivity contribution in [1.82, 2.24) is 5.32 Å². The van der Waals surface area contributed by atoms with E-state index in [-0.39, 0.29) is 5.91 Å². The Balaban J connectivity index is 1.57. The molecule has 0 spiro atoms. The summed E-state index contributed by atoms with van der Waals surface area (Å²) in [7, 11) is 0. The van der Waals surface area contributed by atoms with Gasteiger partial charge in [-0.15, -0.1) is 11.8 Å². The van der Waals surface area contributed by atoms with Crippen LogP contribution in [0.25, 0.3) is 0 Å². The van der Waals surface area contributed by atoms with Crippen LogP contribution in [-0.4, -0.2) is 18.2 Å². The Kier molecular flexibility index (Phi) is 7.34. The number of hydrogen-bond acceptors (Lipinski definition) is 2. The molecule has 0 bridgehead atoms. The first-order valence-corrected chi connectivity index (χ1v) is 8.80. The van der Waals surface area contributed by atoms with Crippen LogP contribution in [0, 0.1) is 0 Å². The molecule has 0 saturated carbocycles. The number of halogens is 1. The van der Waals surface area contributed by atoms with Gasteiger partial charge in [0, 0.05) is 23.6 Å². The standard InChI is InChI=1S/C18H20ClNOS/c19-16-10-4-5-11-17(16)22-14-12-18(21)20-13-6-9-15-7-2-1-3-8-15/h1-5,7-8,10-11H,6,9,12-14H2,(H,20,21). The van der Waals surface area contributed by atoms with Gasteiger partial charge in [-0.05, 0) is 30.5 Å². The lowest BCUT2D eigenvalue weighted by molar-refractivity contribution is -0.120. The third-order valence-electron chi connectivity index (χ3n) is 3.23. The number of thioether (sulfide) groups is 1. The van der Waals surface area contributed by atoms with E-state index in [1.807, 2.05) is 42.5 Å². The van der Waals surface area contributed by atoms with Crippen LogP contribution in [-0.2, 0) is 11.2 Å². The molecule has 22 heavy (non-hydrogen) atoms. The predicted molar refractivity (Wildman–Crippen MR) is 94.6 cm³/mol. The molecule has 0 fully saturated rings. The summed E-state index contributed by atoms with van der Waals surface area (Å²) >= 11 is 7.70. The molecule has 1 N–H and O–H groups in total. The van der Waals surface area contributed by atoms with Gasteiger partial charge < -0.3 is 5.32 Å². The van der Waals surface area contributed by atoms with E-state index in [1.54, 1.807) is 11.8 Å². The summed E-state index contributed by atoms with van der Waals surface area (Å²) < 4.78 is 0. The van der Waals surface area contributed by atoms with Crippen molar-refractivity contribution < 1.29 is 4.79 Å². The van der Waals surface area contributed by atoms with Gasteiger partial charge in [-0.3, -0.25) is 4.79 Å². The fourth-order valence-electron chi connectivity index (χ4n) is 2.07. The van der Waals surface area contributed by atoms with Crippen LogP contribution in [0.3, 0.4) is 0 Å². The number of carbonyl (C=O) groups is 1. The molecule has 0 radical (unpaired) electrons. The topological polar surface area (TPSA) is 29.1 Å². The van der Waals surface area contributed by atoms with Crippen LogP contribution in [0.4, 0.5) is 0 Å². The number of carbonyl (C=O) groups excluding carboxylic acids is 1. The van der Waals surface area contributed by atoms with E-state index in [2.05, 4.69) is 17.4 Å². The van der Waals surface area contributed by atoms with E-state index in [1.165, 1.54) is 5.56 Å². The summed E-state index contributed by atoms with van der Waals surface area (Å²) in [5.74, 6) is 0.849. The summed E-state index contributed by atoms with van der Waals surface area (Å²) in [5.41, 5.74) is 1.31. The summed E-state index contributed by atoms with van der Waals surface area (Å²) in [6, 6.07) is 18.0. The lowest BCUT2D eigenvalue weighted by Crippen LogP contribution is -2.24. The monoisotopic (exact) mass is 333 g/mol. The van der Waals surface area contributed by atoms with Gasteiger partial charge in [0.2, 0.25) is 5.91 Å². The van der Waals surface area contributed by atoms with Gasteiger partial charge in [0.1, 0.15) is 0 Å². The molecule has 0 saturated heterocycles. The molecule has 4 heteroatoms. The van der Waals surface area contributed by atoms with Crippen molar-refractivity contribution in [3.05, 3.63) is 65.2 Å². The summed E-state index contributed by atoms with van der Waals surface area (Å²) in [6.07, 6.45) is 2.48. The number of aryl methyl sites for hydroxylation is 1. The highest BCUT2D eigenvalue weighted by molar-refractivity contribution is 7.99. The number of hydrogen-bond donors (Lipinski definition) is 1. The highest BCUT2D eigenvalue weighted by Gasteiger charge is 2.03. The molecule has 0 heterocycles. The minimum Gasteiger partial charge on any atom is -0.356 e. The molecule has 1 amide bonds. The molecule has 0 aliphatic carbocycles. The van der Waals surface area contributed by atoms with Crippen molar-refractivity contribution in [2.45, 2.75) is 24.2 Å². The quantitative estimate of drug-likeness (QED) is 0.566. The number of benzene rings is 2. The lowest BCUT2D eigenvalue weighted by atomic mass is 10.1. The van der Waals surface area contributed by atoms with Crippen molar-refractivity contribution in [1.29, 1.82) is 0 Å². The summed E-state index contributed by atoms with van der Waals surface area (Å²) in [6.45, 7) is 0.727. The molecular formula is C18H20ClNOS. The Morgan fingerprint density at radius 1 is 1.05 bits per heavy atom. The zero-order valence-electron chi connectivity index (χ0n) is 12.4. The zero-order chi connectivity index (χ0) is 15.6. The van der Waals surface area contributed by atoms with Crippen LogP contribution < -0.4 is 5.32 Å². The summed E-state index contributed by atoms with van der Waals surface area (Å²) in [4.78, 5) is 12.8. The number of rotatable bonds is 8. The van der Waals surface area contributed by atoms with Gasteiger partial charge in [0.25, 0.3) is 0 Å². The van der Waals surface area contributed by atoms with E-state index in [0.29, 0.717) is 6.42 Å². The van der Waals surface area contributed by atoms with Crippen LogP contribution in [0.2, 0.25) is 5.02 Å². The Morgan fingerprint density at radius 3 is 2.55 bits per heavy atom. The SMILES string of the molecule is O=C(CCSc1ccccc1Cl)NCCCc1ccccc1. The van der Waals surface area contributed by atoms with E-state index in [4.69, 9.17) is 11.6 Å². The van der Waals surface area contributed by atoms with Crippen LogP contribution >= 0.6 is 23.4 Å². The first-order valence-electron chi connectivity index (χ1n) is 7.43. The molecule has 0 aromatic heterocycles. The average Bonchev–Trinajstić information content (AvgIpc) is 2.54. The lowest BCUT2D eigenvalue weighted by Gasteiger charge is -2.06. The fourth-order valence-corrected chi connectivity index (χ4v) is 3.26. The molecule has 2 aromatic rings. The second-order valence-electron chi connectivity index (χ2n) is 4.97. The highest BCUT2D eigenvalue weighted by atomic mass is 35.5. The first kappa shape index (κ1) is 16.9. The molecule has 2 aromatic carbocycles. The third kappa shape index (κ3) is 6.12. The van der Waals surface area contributed by atoms with Crippen LogP contribution in [0.1, 0.15) is 18.4 Å². The normalized spacial score (nSPS) is 10.4. The zero-order valence-corrected chi connectivity index (χ0v) is 14.0. The van der Waals surface area contributed by atoms with Gasteiger partial charge in [-0.1, -0.05) is 54.1 Å². The first-order chi connectivity index (χ1) is 10.8. The molecule has 116 valence electrons. The fraction of sp³-hybridized carbons (Fsp3) is 0.278. The molecule has 0 aliphatic heterocycles. The second-order valence-corrected chi connectivity index (χ2v) is 6.51. The van der Waals surface area contributed by atoms with Crippen molar-refractivity contribution in [2.75, 3.05) is 12.3 Å². The van der Waals surface area contributed by atoms with Crippen molar-refractivity contribution in [3.63, 3.8) is 0 Å². The highest BCUT2D eigenvalue weighted by Crippen LogP contribution is 2.26. The van der Waals surface area contributed by atoms with Gasteiger partial charge in [-0.2, -0.15) is 0 Å². The van der Waals surface area contributed by atoms with Gasteiger partial charge >= 0.3 is 0 Å². The second kappa shape index (κ2) is 9.54. The van der Waals surface area contributed by atoms with Gasteiger partial charge in [0.05, 0.1) is 5.02 Å². The average molecular weight is 334 g/mol. The minimum absolute atomic E-state index is 0.104. The van der Waals surface area contributed by atoms with E-state index >= 15 is 0 Å². The Labute approximate surface area is 141 Å². The maximum absolute atomic E-state index is 11.8. The molecule has 0 unspecified atom stereocenters. The number of nitrogens with one attached hydrogen (secondary N) is 1. The van der Waals surface area contributed by atoms with E-state index < -0.39 is 0 Å². The van der Waals surface area contributed by atoms with Gasteiger partial charge in [0.15, 0.2) is 0 Å². The summed E-state index contributed by atoms with van der Waals surface area (Å²) in [5, 5.41) is 3.71. The predicted octanol–water partition coefficient (Wildman–Crippen LogP) is 4.57. The molecule has 0 aliphatic rings. The van der Waals surface area contributed by atoms with E-state index in [0.717, 1.165) is 35.1 Å². The molecule has 2 rings (SSSR count). The minimum atomic E-state index is 0.104. The van der Waals surface area contributed by atoms with Crippen molar-refractivity contribution in [3.8, 4) is 0 Å². The number of amides is 1. The van der Waals surface area contributed by atoms with Crippen LogP contribution in [0.15, 0.2) is 59.5 Å². The largest absolute Gasteiger partial charge is 0.356 e. The Morgan fingerprint density at radius 2 is 1.77 bits per heavy atom. The molecule has 0 atom stereocenters. The van der Waals surface area contributed by atoms with E-state index in [9.17, 15) is 4.79 Å². The molecular weight excluding hydrogens is 314 g/mol. The van der Waals surface area contributed by atoms with Crippen molar-refractivity contribution in [2.24, 2.45) is 0 Å². The smallest absolute Gasteiger partial charge is 0.220 e. The molecule has 2 nitrogen and oxygen atoms in total. The van der Waals surface area contributed by atoms with Crippen LogP contribution in [0.5, 0.6) is 0 Å². The maximum Gasteiger partial charge on any atom is 0.220 e. The Hall–Kier alpha value is -1.45. The Bertz CT molecular complexity index is 589. The van der Waals surface area contributed by atoms with Gasteiger partial charge in [-0.25, -0.2) is 0 Å². The third-order valence-corrected chi connectivity index (χ3v) is 4.75. The van der Waals surface area contributed by atoms with Crippen molar-refractivity contribution >= 4 is 29.3 Å².